The van der Waals surface area contributed by atoms with Gasteiger partial charge in [0.15, 0.2) is 11.5 Å². The Morgan fingerprint density at radius 3 is 2.49 bits per heavy atom. The summed E-state index contributed by atoms with van der Waals surface area (Å²) in [6.07, 6.45) is -3.65. The second-order valence-corrected chi connectivity index (χ2v) is 8.33. The molecule has 3 aromatic rings. The van der Waals surface area contributed by atoms with Crippen molar-refractivity contribution in [2.45, 2.75) is 12.8 Å². The first-order chi connectivity index (χ1) is 17.7. The summed E-state index contributed by atoms with van der Waals surface area (Å²) in [6, 6.07) is 12.7. The van der Waals surface area contributed by atoms with E-state index in [1.165, 1.54) is 18.3 Å². The predicted octanol–water partition coefficient (Wildman–Crippen LogP) is 4.48. The fourth-order valence-corrected chi connectivity index (χ4v) is 3.81. The second-order valence-electron chi connectivity index (χ2n) is 8.33. The molecule has 2 heterocycles. The second kappa shape index (κ2) is 11.5. The highest BCUT2D eigenvalue weighted by Crippen LogP contribution is 2.32. The SMILES string of the molecule is O=C(CN1CCOCC1)Nc1cc(C(=O)Cc2ccc(-c3ccccc3F)nc2)ccc1OC(F)(F)F. The van der Waals surface area contributed by atoms with Crippen molar-refractivity contribution in [2.24, 2.45) is 0 Å². The molecule has 1 aromatic heterocycles. The lowest BCUT2D eigenvalue weighted by atomic mass is 10.0. The Morgan fingerprint density at radius 1 is 1.05 bits per heavy atom. The van der Waals surface area contributed by atoms with Gasteiger partial charge in [0.2, 0.25) is 5.91 Å². The van der Waals surface area contributed by atoms with Crippen LogP contribution in [0, 0.1) is 5.82 Å². The number of carbonyl (C=O) groups excluding carboxylic acids is 2. The Kier molecular flexibility index (Phi) is 8.14. The quantitative estimate of drug-likeness (QED) is 0.351. The van der Waals surface area contributed by atoms with Crippen LogP contribution in [0.4, 0.5) is 23.2 Å². The number of ether oxygens (including phenoxy) is 2. The fourth-order valence-electron chi connectivity index (χ4n) is 3.81. The van der Waals surface area contributed by atoms with Crippen molar-refractivity contribution in [1.82, 2.24) is 9.88 Å². The largest absolute Gasteiger partial charge is 0.573 e. The molecular weight excluding hydrogens is 494 g/mol. The molecule has 1 aliphatic rings. The zero-order chi connectivity index (χ0) is 26.4. The number of ketones is 1. The van der Waals surface area contributed by atoms with E-state index in [0.717, 1.165) is 12.1 Å². The highest BCUT2D eigenvalue weighted by molar-refractivity contribution is 6.00. The van der Waals surface area contributed by atoms with E-state index in [4.69, 9.17) is 4.74 Å². The molecule has 194 valence electrons. The number of benzene rings is 2. The summed E-state index contributed by atoms with van der Waals surface area (Å²) >= 11 is 0. The van der Waals surface area contributed by atoms with Crippen LogP contribution in [0.3, 0.4) is 0 Å². The smallest absolute Gasteiger partial charge is 0.404 e. The number of alkyl halides is 3. The van der Waals surface area contributed by atoms with Gasteiger partial charge in [-0.2, -0.15) is 0 Å². The van der Waals surface area contributed by atoms with Gasteiger partial charge in [-0.25, -0.2) is 4.39 Å². The highest BCUT2D eigenvalue weighted by Gasteiger charge is 2.32. The molecule has 0 aliphatic carbocycles. The maximum absolute atomic E-state index is 14.0. The summed E-state index contributed by atoms with van der Waals surface area (Å²) in [5.74, 6) is -2.02. The van der Waals surface area contributed by atoms with E-state index in [9.17, 15) is 27.2 Å². The van der Waals surface area contributed by atoms with Gasteiger partial charge in [0.05, 0.1) is 31.1 Å². The number of anilines is 1. The van der Waals surface area contributed by atoms with Crippen molar-refractivity contribution in [3.05, 3.63) is 77.7 Å². The molecule has 11 heteroatoms. The number of pyridine rings is 1. The number of nitrogens with zero attached hydrogens (tertiary/aromatic N) is 2. The van der Waals surface area contributed by atoms with Crippen LogP contribution in [0.25, 0.3) is 11.3 Å². The number of hydrogen-bond donors (Lipinski definition) is 1. The zero-order valence-corrected chi connectivity index (χ0v) is 19.6. The lowest BCUT2D eigenvalue weighted by Gasteiger charge is -2.26. The topological polar surface area (TPSA) is 80.8 Å². The van der Waals surface area contributed by atoms with Crippen LogP contribution in [-0.4, -0.2) is 60.8 Å². The van der Waals surface area contributed by atoms with Crippen molar-refractivity contribution in [2.75, 3.05) is 38.2 Å². The summed E-state index contributed by atoms with van der Waals surface area (Å²) in [5.41, 5.74) is 1.05. The Bertz CT molecular complexity index is 1260. The molecule has 0 spiro atoms. The van der Waals surface area contributed by atoms with Crippen molar-refractivity contribution >= 4 is 17.4 Å². The van der Waals surface area contributed by atoms with Crippen LogP contribution in [0.5, 0.6) is 5.75 Å². The van der Waals surface area contributed by atoms with Gasteiger partial charge in [-0.15, -0.1) is 13.2 Å². The van der Waals surface area contributed by atoms with E-state index in [0.29, 0.717) is 43.1 Å². The van der Waals surface area contributed by atoms with Gasteiger partial charge in [-0.05, 0) is 42.0 Å². The summed E-state index contributed by atoms with van der Waals surface area (Å²) in [5, 5.41) is 2.42. The molecule has 0 unspecified atom stereocenters. The Morgan fingerprint density at radius 2 is 1.81 bits per heavy atom. The first kappa shape index (κ1) is 26.2. The molecule has 1 saturated heterocycles. The van der Waals surface area contributed by atoms with Crippen LogP contribution in [0.15, 0.2) is 60.8 Å². The number of hydrogen-bond acceptors (Lipinski definition) is 6. The Balaban J connectivity index is 1.49. The summed E-state index contributed by atoms with van der Waals surface area (Å²) in [7, 11) is 0. The minimum atomic E-state index is -4.99. The molecule has 1 aliphatic heterocycles. The number of carbonyl (C=O) groups is 2. The van der Waals surface area contributed by atoms with Gasteiger partial charge < -0.3 is 14.8 Å². The standard InChI is InChI=1S/C26H23F4N3O4/c27-20-4-2-1-3-19(20)21-7-5-17(15-31-21)13-23(34)18-6-8-24(37-26(28,29)30)22(14-18)32-25(35)16-33-9-11-36-12-10-33/h1-8,14-15H,9-13,16H2,(H,32,35). The minimum absolute atomic E-state index is 0.0486. The average molecular weight is 517 g/mol. The maximum atomic E-state index is 14.0. The summed E-state index contributed by atoms with van der Waals surface area (Å²) in [4.78, 5) is 31.4. The molecular formula is C26H23F4N3O4. The van der Waals surface area contributed by atoms with Crippen LogP contribution in [-0.2, 0) is 16.0 Å². The van der Waals surface area contributed by atoms with E-state index < -0.39 is 29.6 Å². The van der Waals surface area contributed by atoms with Gasteiger partial charge in [-0.1, -0.05) is 18.2 Å². The van der Waals surface area contributed by atoms with Crippen molar-refractivity contribution in [3.63, 3.8) is 0 Å². The number of aromatic nitrogens is 1. The molecule has 0 atom stereocenters. The fraction of sp³-hybridized carbons (Fsp3) is 0.269. The molecule has 1 amide bonds. The van der Waals surface area contributed by atoms with Crippen molar-refractivity contribution in [1.29, 1.82) is 0 Å². The zero-order valence-electron chi connectivity index (χ0n) is 19.6. The average Bonchev–Trinajstić information content (AvgIpc) is 2.86. The summed E-state index contributed by atoms with van der Waals surface area (Å²) in [6.45, 7) is 1.89. The lowest BCUT2D eigenvalue weighted by Crippen LogP contribution is -2.41. The Labute approximate surface area is 210 Å². The van der Waals surface area contributed by atoms with Gasteiger partial charge in [0, 0.05) is 36.8 Å². The van der Waals surface area contributed by atoms with Crippen molar-refractivity contribution in [3.8, 4) is 17.0 Å². The van der Waals surface area contributed by atoms with Crippen LogP contribution >= 0.6 is 0 Å². The van der Waals surface area contributed by atoms with E-state index in [1.54, 1.807) is 35.2 Å². The van der Waals surface area contributed by atoms with Gasteiger partial charge in [0.25, 0.3) is 0 Å². The molecule has 7 nitrogen and oxygen atoms in total. The minimum Gasteiger partial charge on any atom is -0.404 e. The highest BCUT2D eigenvalue weighted by atomic mass is 19.4. The molecule has 0 bridgehead atoms. The molecule has 37 heavy (non-hydrogen) atoms. The van der Waals surface area contributed by atoms with Gasteiger partial charge in [0.1, 0.15) is 5.82 Å². The number of halogens is 4. The molecule has 0 saturated carbocycles. The lowest BCUT2D eigenvalue weighted by molar-refractivity contribution is -0.274. The third kappa shape index (κ3) is 7.34. The number of amides is 1. The molecule has 1 fully saturated rings. The maximum Gasteiger partial charge on any atom is 0.573 e. The number of Topliss-reactive ketones (excluding diaryl/α,β-unsaturated/α-hetero) is 1. The molecule has 1 N–H and O–H groups in total. The third-order valence-corrected chi connectivity index (χ3v) is 5.61. The number of nitrogens with one attached hydrogen (secondary N) is 1. The molecule has 4 rings (SSSR count). The van der Waals surface area contributed by atoms with Crippen LogP contribution in [0.1, 0.15) is 15.9 Å². The predicted molar refractivity (Wildman–Crippen MR) is 127 cm³/mol. The number of rotatable bonds is 8. The van der Waals surface area contributed by atoms with E-state index in [1.807, 2.05) is 0 Å². The van der Waals surface area contributed by atoms with E-state index in [2.05, 4.69) is 15.0 Å². The molecule has 0 radical (unpaired) electrons. The van der Waals surface area contributed by atoms with Crippen LogP contribution < -0.4 is 10.1 Å². The first-order valence-corrected chi connectivity index (χ1v) is 11.4. The normalized spacial score (nSPS) is 14.3. The van der Waals surface area contributed by atoms with Crippen LogP contribution in [0.2, 0.25) is 0 Å². The molecule has 2 aromatic carbocycles. The van der Waals surface area contributed by atoms with Crippen molar-refractivity contribution < 1.29 is 36.6 Å². The van der Waals surface area contributed by atoms with Gasteiger partial charge >= 0.3 is 6.36 Å². The number of morpholine rings is 1. The van der Waals surface area contributed by atoms with Gasteiger partial charge in [-0.3, -0.25) is 19.5 Å². The van der Waals surface area contributed by atoms with E-state index in [-0.39, 0.29) is 24.2 Å². The first-order valence-electron chi connectivity index (χ1n) is 11.4. The Hall–Kier alpha value is -3.83. The summed E-state index contributed by atoms with van der Waals surface area (Å²) < 4.78 is 62.0. The monoisotopic (exact) mass is 517 g/mol. The van der Waals surface area contributed by atoms with E-state index >= 15 is 0 Å². The third-order valence-electron chi connectivity index (χ3n) is 5.61.